The Kier molecular flexibility index (Phi) is 9.03. The van der Waals surface area contributed by atoms with E-state index in [9.17, 15) is 4.79 Å². The Morgan fingerprint density at radius 1 is 1.09 bits per heavy atom. The number of carboxylic acid groups (broad SMARTS) is 1. The third-order valence-corrected chi connectivity index (χ3v) is 9.97. The van der Waals surface area contributed by atoms with E-state index in [2.05, 4.69) is 36.9 Å². The molecule has 1 unspecified atom stereocenters. The summed E-state index contributed by atoms with van der Waals surface area (Å²) in [6.07, 6.45) is 8.33. The highest BCUT2D eigenvalue weighted by molar-refractivity contribution is 6.77. The number of rotatable bonds is 14. The summed E-state index contributed by atoms with van der Waals surface area (Å²) in [7, 11) is -1.04. The summed E-state index contributed by atoms with van der Waals surface area (Å²) in [6, 6.07) is 10.8. The summed E-state index contributed by atoms with van der Waals surface area (Å²) in [5.41, 5.74) is 2.00. The van der Waals surface area contributed by atoms with Crippen LogP contribution in [0.25, 0.3) is 11.4 Å². The third kappa shape index (κ3) is 7.37. The van der Waals surface area contributed by atoms with Gasteiger partial charge in [-0.15, -0.1) is 0 Å². The number of nitrogens with zero attached hydrogens (tertiary/aromatic N) is 2. The number of unbranched alkanes of at least 4 members (excludes halogenated alkanes) is 2. The van der Waals surface area contributed by atoms with Crippen molar-refractivity contribution in [1.82, 2.24) is 9.97 Å². The van der Waals surface area contributed by atoms with Crippen molar-refractivity contribution in [2.75, 3.05) is 6.61 Å². The summed E-state index contributed by atoms with van der Waals surface area (Å²) in [6.45, 7) is 10.0. The number of carbonyl (C=O) groups is 1. The first-order valence-electron chi connectivity index (χ1n) is 12.3. The normalized spacial score (nSPS) is 18.7. The molecule has 0 bridgehead atoms. The van der Waals surface area contributed by atoms with Crippen LogP contribution in [-0.4, -0.2) is 47.9 Å². The van der Waals surface area contributed by atoms with Gasteiger partial charge in [0.1, 0.15) is 6.10 Å². The SMILES string of the molecule is CCCC[Si](C)(C)CCCCOc1cnc(-c2ccc(C(CC)[C@H]3O[C@H]3C(=O)O)cc2)nc1. The predicted octanol–water partition coefficient (Wildman–Crippen LogP) is 6.16. The fourth-order valence-electron chi connectivity index (χ4n) is 4.38. The number of aromatic nitrogens is 2. The highest BCUT2D eigenvalue weighted by atomic mass is 28.3. The topological polar surface area (TPSA) is 84.8 Å². The van der Waals surface area contributed by atoms with Gasteiger partial charge in [0.25, 0.3) is 0 Å². The molecule has 0 amide bonds. The monoisotopic (exact) mass is 470 g/mol. The first kappa shape index (κ1) is 25.4. The smallest absolute Gasteiger partial charge is 0.335 e. The van der Waals surface area contributed by atoms with E-state index in [4.69, 9.17) is 14.6 Å². The largest absolute Gasteiger partial charge is 0.490 e. The second-order valence-corrected chi connectivity index (χ2v) is 15.1. The van der Waals surface area contributed by atoms with Crippen LogP contribution in [0.15, 0.2) is 36.7 Å². The van der Waals surface area contributed by atoms with E-state index in [1.165, 1.54) is 31.4 Å². The zero-order valence-electron chi connectivity index (χ0n) is 20.4. The molecule has 1 aliphatic rings. The average molecular weight is 471 g/mol. The van der Waals surface area contributed by atoms with Crippen molar-refractivity contribution in [2.24, 2.45) is 0 Å². The molecule has 1 aromatic heterocycles. The molecule has 0 radical (unpaired) electrons. The molecule has 3 rings (SSSR count). The maximum atomic E-state index is 11.1. The molecule has 180 valence electrons. The van der Waals surface area contributed by atoms with Gasteiger partial charge < -0.3 is 14.6 Å². The number of hydrogen-bond acceptors (Lipinski definition) is 5. The summed E-state index contributed by atoms with van der Waals surface area (Å²) < 4.78 is 11.2. The maximum absolute atomic E-state index is 11.1. The van der Waals surface area contributed by atoms with Gasteiger partial charge in [0, 0.05) is 19.6 Å². The second kappa shape index (κ2) is 11.7. The molecule has 33 heavy (non-hydrogen) atoms. The minimum Gasteiger partial charge on any atom is -0.490 e. The van der Waals surface area contributed by atoms with Crippen LogP contribution in [0.1, 0.15) is 57.4 Å². The second-order valence-electron chi connectivity index (χ2n) is 9.81. The van der Waals surface area contributed by atoms with Crippen LogP contribution in [0.5, 0.6) is 5.75 Å². The van der Waals surface area contributed by atoms with E-state index >= 15 is 0 Å². The van der Waals surface area contributed by atoms with Gasteiger partial charge in [0.2, 0.25) is 0 Å². The molecule has 3 atom stereocenters. The van der Waals surface area contributed by atoms with E-state index in [-0.39, 0.29) is 12.0 Å². The number of aliphatic carboxylic acids is 1. The van der Waals surface area contributed by atoms with E-state index in [0.29, 0.717) is 18.2 Å². The van der Waals surface area contributed by atoms with Crippen LogP contribution in [0.2, 0.25) is 25.2 Å². The Balaban J connectivity index is 1.46. The Labute approximate surface area is 198 Å². The number of hydrogen-bond donors (Lipinski definition) is 1. The van der Waals surface area contributed by atoms with Gasteiger partial charge in [0.15, 0.2) is 17.7 Å². The molecule has 0 aliphatic carbocycles. The van der Waals surface area contributed by atoms with Crippen LogP contribution >= 0.6 is 0 Å². The molecule has 6 nitrogen and oxygen atoms in total. The lowest BCUT2D eigenvalue weighted by atomic mass is 9.91. The van der Waals surface area contributed by atoms with Gasteiger partial charge >= 0.3 is 5.97 Å². The number of epoxide rings is 1. The van der Waals surface area contributed by atoms with Crippen molar-refractivity contribution < 1.29 is 19.4 Å². The zero-order chi connectivity index (χ0) is 23.8. The van der Waals surface area contributed by atoms with Crippen molar-refractivity contribution in [1.29, 1.82) is 0 Å². The molecule has 2 heterocycles. The Bertz CT molecular complexity index is 886. The standard InChI is InChI=1S/C26H38N2O4Si/c1-5-7-15-33(3,4)16-9-8-14-31-21-17-27-25(28-18-21)20-12-10-19(11-13-20)22(6-2)23-24(32-23)26(29)30/h10-13,17-18,22-24H,5-9,14-16H2,1-4H3,(H,29,30)/t22?,23-,24-/m1/s1. The number of ether oxygens (including phenoxy) is 2. The van der Waals surface area contributed by atoms with Crippen molar-refractivity contribution in [3.05, 3.63) is 42.2 Å². The minimum atomic E-state index is -1.04. The van der Waals surface area contributed by atoms with Gasteiger partial charge in [-0.25, -0.2) is 14.8 Å². The summed E-state index contributed by atoms with van der Waals surface area (Å²) in [5, 5.41) is 9.12. The van der Waals surface area contributed by atoms with Crippen LogP contribution in [0.4, 0.5) is 0 Å². The van der Waals surface area contributed by atoms with Gasteiger partial charge in [-0.2, -0.15) is 0 Å². The summed E-state index contributed by atoms with van der Waals surface area (Å²) in [4.78, 5) is 20.0. The average Bonchev–Trinajstić information content (AvgIpc) is 3.60. The quantitative estimate of drug-likeness (QED) is 0.202. The Hall–Kier alpha value is -2.25. The third-order valence-electron chi connectivity index (χ3n) is 6.55. The van der Waals surface area contributed by atoms with Crippen LogP contribution in [0, 0.1) is 0 Å². The van der Waals surface area contributed by atoms with E-state index in [0.717, 1.165) is 24.0 Å². The molecule has 0 saturated carbocycles. The Morgan fingerprint density at radius 3 is 2.33 bits per heavy atom. The minimum absolute atomic E-state index is 0.0803. The molecule has 2 aromatic rings. The fraction of sp³-hybridized carbons (Fsp3) is 0.577. The van der Waals surface area contributed by atoms with Crippen LogP contribution in [0.3, 0.4) is 0 Å². The molecule has 1 fully saturated rings. The van der Waals surface area contributed by atoms with Gasteiger partial charge in [-0.05, 0) is 18.4 Å². The Morgan fingerprint density at radius 2 is 1.76 bits per heavy atom. The first-order valence-corrected chi connectivity index (χ1v) is 15.7. The molecule has 0 spiro atoms. The van der Waals surface area contributed by atoms with E-state index in [1.54, 1.807) is 12.4 Å². The van der Waals surface area contributed by atoms with Gasteiger partial charge in [-0.1, -0.05) is 82.6 Å². The molecular formula is C26H38N2O4Si. The summed E-state index contributed by atoms with van der Waals surface area (Å²) >= 11 is 0. The summed E-state index contributed by atoms with van der Waals surface area (Å²) in [5.74, 6) is 0.548. The van der Waals surface area contributed by atoms with E-state index in [1.807, 2.05) is 24.3 Å². The lowest BCUT2D eigenvalue weighted by Crippen LogP contribution is -2.24. The lowest BCUT2D eigenvalue weighted by molar-refractivity contribution is -0.138. The fourth-order valence-corrected chi connectivity index (χ4v) is 7.15. The first-order chi connectivity index (χ1) is 15.8. The predicted molar refractivity (Wildman–Crippen MR) is 134 cm³/mol. The zero-order valence-corrected chi connectivity index (χ0v) is 21.4. The van der Waals surface area contributed by atoms with Crippen LogP contribution in [-0.2, 0) is 9.53 Å². The van der Waals surface area contributed by atoms with Gasteiger partial charge in [0.05, 0.1) is 19.0 Å². The van der Waals surface area contributed by atoms with Gasteiger partial charge in [-0.3, -0.25) is 0 Å². The van der Waals surface area contributed by atoms with Crippen LogP contribution < -0.4 is 4.74 Å². The number of benzene rings is 1. The highest BCUT2D eigenvalue weighted by Gasteiger charge is 2.49. The maximum Gasteiger partial charge on any atom is 0.335 e. The molecule has 1 saturated heterocycles. The number of carboxylic acids is 1. The molecule has 7 heteroatoms. The lowest BCUT2D eigenvalue weighted by Gasteiger charge is -2.21. The molecule has 1 aromatic carbocycles. The van der Waals surface area contributed by atoms with Crippen molar-refractivity contribution >= 4 is 14.0 Å². The molecule has 1 N–H and O–H groups in total. The van der Waals surface area contributed by atoms with Crippen molar-refractivity contribution in [3.8, 4) is 17.1 Å². The van der Waals surface area contributed by atoms with Crippen molar-refractivity contribution in [3.63, 3.8) is 0 Å². The van der Waals surface area contributed by atoms with Crippen molar-refractivity contribution in [2.45, 2.75) is 89.3 Å². The van der Waals surface area contributed by atoms with E-state index < -0.39 is 20.1 Å². The molecule has 1 aliphatic heterocycles. The highest BCUT2D eigenvalue weighted by Crippen LogP contribution is 2.38. The molecular weight excluding hydrogens is 432 g/mol.